The lowest BCUT2D eigenvalue weighted by Crippen LogP contribution is -2.27. The highest BCUT2D eigenvalue weighted by Crippen LogP contribution is 2.36. The molecule has 1 saturated heterocycles. The van der Waals surface area contributed by atoms with E-state index in [1.165, 1.54) is 29.2 Å². The Labute approximate surface area is 222 Å². The summed E-state index contributed by atoms with van der Waals surface area (Å²) >= 11 is 6.59. The number of hydrogen-bond acceptors (Lipinski definition) is 7. The van der Waals surface area contributed by atoms with E-state index in [0.29, 0.717) is 37.5 Å². The Kier molecular flexibility index (Phi) is 8.32. The summed E-state index contributed by atoms with van der Waals surface area (Å²) in [7, 11) is 0. The number of thiocarbonyl (C=S) groups is 1. The lowest BCUT2D eigenvalue weighted by Gasteiger charge is -2.15. The van der Waals surface area contributed by atoms with Crippen LogP contribution in [0.15, 0.2) is 77.7 Å². The van der Waals surface area contributed by atoms with Gasteiger partial charge in [-0.15, -0.1) is 0 Å². The van der Waals surface area contributed by atoms with Crippen molar-refractivity contribution in [3.63, 3.8) is 0 Å². The Morgan fingerprint density at radius 1 is 1.08 bits per heavy atom. The second-order valence-electron chi connectivity index (χ2n) is 7.69. The molecule has 0 saturated carbocycles. The first kappa shape index (κ1) is 26.1. The number of carbonyl (C=O) groups excluding carboxylic acids is 3. The lowest BCUT2D eigenvalue weighted by molar-refractivity contribution is -0.145. The minimum atomic E-state index is -0.470. The zero-order valence-corrected chi connectivity index (χ0v) is 21.2. The van der Waals surface area contributed by atoms with Gasteiger partial charge >= 0.3 is 5.97 Å². The van der Waals surface area contributed by atoms with Crippen LogP contribution >= 0.6 is 24.0 Å². The van der Waals surface area contributed by atoms with Crippen molar-refractivity contribution in [3.8, 4) is 5.75 Å². The number of nitrogens with one attached hydrogen (secondary N) is 1. The van der Waals surface area contributed by atoms with E-state index in [2.05, 4.69) is 5.32 Å². The van der Waals surface area contributed by atoms with Crippen LogP contribution in [0.1, 0.15) is 22.8 Å². The van der Waals surface area contributed by atoms with Gasteiger partial charge < -0.3 is 14.8 Å². The van der Waals surface area contributed by atoms with Crippen molar-refractivity contribution in [1.82, 2.24) is 0 Å². The Morgan fingerprint density at radius 3 is 2.59 bits per heavy atom. The van der Waals surface area contributed by atoms with Gasteiger partial charge in [0.05, 0.1) is 17.2 Å². The molecule has 2 amide bonds. The maximum absolute atomic E-state index is 13.2. The van der Waals surface area contributed by atoms with Gasteiger partial charge in [0.2, 0.25) is 0 Å². The summed E-state index contributed by atoms with van der Waals surface area (Å²) in [6.45, 7) is 1.77. The van der Waals surface area contributed by atoms with Crippen molar-refractivity contribution in [1.29, 1.82) is 0 Å². The van der Waals surface area contributed by atoms with E-state index >= 15 is 0 Å². The van der Waals surface area contributed by atoms with Gasteiger partial charge in [-0.05, 0) is 73.2 Å². The van der Waals surface area contributed by atoms with Gasteiger partial charge in [0.1, 0.15) is 11.6 Å². The summed E-state index contributed by atoms with van der Waals surface area (Å²) in [6.07, 6.45) is 1.68. The van der Waals surface area contributed by atoms with Crippen LogP contribution in [0.25, 0.3) is 6.08 Å². The zero-order valence-electron chi connectivity index (χ0n) is 19.6. The third kappa shape index (κ3) is 6.60. The lowest BCUT2D eigenvalue weighted by atomic mass is 10.1. The molecule has 4 rings (SSSR count). The first-order valence-corrected chi connectivity index (χ1v) is 12.4. The van der Waals surface area contributed by atoms with Gasteiger partial charge in [-0.2, -0.15) is 0 Å². The molecule has 0 aromatic heterocycles. The summed E-state index contributed by atoms with van der Waals surface area (Å²) in [5.74, 6) is -1.16. The molecule has 0 unspecified atom stereocenters. The monoisotopic (exact) mass is 536 g/mol. The fourth-order valence-corrected chi connectivity index (χ4v) is 4.70. The molecule has 10 heteroatoms. The standard InChI is InChI=1S/C27H21FN2O5S2/c1-2-34-24(31)16-35-22-8-3-5-17(13-22)14-23-26(33)30(27(36)37-23)21-7-4-6-18(15-21)25(32)29-20-11-9-19(28)10-12-20/h3-15H,2,16H2,1H3,(H,29,32)/b23-14+. The molecule has 0 aliphatic carbocycles. The smallest absolute Gasteiger partial charge is 0.344 e. The van der Waals surface area contributed by atoms with Crippen LogP contribution in [0, 0.1) is 5.82 Å². The highest BCUT2D eigenvalue weighted by atomic mass is 32.2. The molecule has 3 aromatic carbocycles. The molecule has 0 spiro atoms. The molecule has 1 heterocycles. The van der Waals surface area contributed by atoms with Gasteiger partial charge in [-0.3, -0.25) is 14.5 Å². The number of hydrogen-bond donors (Lipinski definition) is 1. The van der Waals surface area contributed by atoms with Crippen molar-refractivity contribution in [2.75, 3.05) is 23.4 Å². The van der Waals surface area contributed by atoms with E-state index in [9.17, 15) is 18.8 Å². The van der Waals surface area contributed by atoms with E-state index in [0.717, 1.165) is 11.8 Å². The largest absolute Gasteiger partial charge is 0.482 e. The third-order valence-corrected chi connectivity index (χ3v) is 6.38. The van der Waals surface area contributed by atoms with Crippen molar-refractivity contribution < 1.29 is 28.2 Å². The molecule has 7 nitrogen and oxygen atoms in total. The highest BCUT2D eigenvalue weighted by molar-refractivity contribution is 8.27. The van der Waals surface area contributed by atoms with Crippen LogP contribution < -0.4 is 15.0 Å². The molecule has 1 aliphatic heterocycles. The maximum atomic E-state index is 13.2. The maximum Gasteiger partial charge on any atom is 0.344 e. The highest BCUT2D eigenvalue weighted by Gasteiger charge is 2.33. The second kappa shape index (κ2) is 11.8. The van der Waals surface area contributed by atoms with E-state index in [4.69, 9.17) is 21.7 Å². The first-order valence-electron chi connectivity index (χ1n) is 11.2. The number of carbonyl (C=O) groups is 3. The van der Waals surface area contributed by atoms with Crippen molar-refractivity contribution in [2.24, 2.45) is 0 Å². The Hall–Kier alpha value is -4.02. The van der Waals surface area contributed by atoms with E-state index in [-0.39, 0.29) is 19.1 Å². The summed E-state index contributed by atoms with van der Waals surface area (Å²) in [4.78, 5) is 39.2. The predicted octanol–water partition coefficient (Wildman–Crippen LogP) is 5.43. The van der Waals surface area contributed by atoms with Gasteiger partial charge in [-0.1, -0.05) is 42.2 Å². The van der Waals surface area contributed by atoms with Crippen LogP contribution in [-0.2, 0) is 14.3 Å². The van der Waals surface area contributed by atoms with Gasteiger partial charge in [0.25, 0.3) is 11.8 Å². The Bertz CT molecular complexity index is 1390. The SMILES string of the molecule is CCOC(=O)COc1cccc(/C=C2/SC(=S)N(c3cccc(C(=O)Nc4ccc(F)cc4)c3)C2=O)c1. The normalized spacial score (nSPS) is 14.1. The molecular formula is C27H21FN2O5S2. The number of esters is 1. The molecule has 3 aromatic rings. The zero-order chi connectivity index (χ0) is 26.4. The third-order valence-electron chi connectivity index (χ3n) is 5.08. The van der Waals surface area contributed by atoms with E-state index < -0.39 is 17.7 Å². The molecule has 1 fully saturated rings. The molecule has 0 bridgehead atoms. The minimum Gasteiger partial charge on any atom is -0.482 e. The molecule has 1 aliphatic rings. The van der Waals surface area contributed by atoms with Crippen molar-refractivity contribution in [3.05, 3.63) is 94.6 Å². The summed E-state index contributed by atoms with van der Waals surface area (Å²) < 4.78 is 23.8. The number of amides is 2. The number of halogens is 1. The molecule has 1 N–H and O–H groups in total. The van der Waals surface area contributed by atoms with Crippen LogP contribution in [0.5, 0.6) is 5.75 Å². The van der Waals surface area contributed by atoms with Gasteiger partial charge in [-0.25, -0.2) is 9.18 Å². The molecule has 0 radical (unpaired) electrons. The number of nitrogens with zero attached hydrogens (tertiary/aromatic N) is 1. The summed E-state index contributed by atoms with van der Waals surface area (Å²) in [5, 5.41) is 2.70. The van der Waals surface area contributed by atoms with Gasteiger partial charge in [0, 0.05) is 11.3 Å². The van der Waals surface area contributed by atoms with Crippen LogP contribution in [0.3, 0.4) is 0 Å². The summed E-state index contributed by atoms with van der Waals surface area (Å²) in [6, 6.07) is 18.9. The fourth-order valence-electron chi connectivity index (χ4n) is 3.40. The fraction of sp³-hybridized carbons (Fsp3) is 0.111. The number of thioether (sulfide) groups is 1. The van der Waals surface area contributed by atoms with Crippen molar-refractivity contribution in [2.45, 2.75) is 6.92 Å². The minimum absolute atomic E-state index is 0.218. The number of anilines is 2. The molecular weight excluding hydrogens is 515 g/mol. The molecule has 37 heavy (non-hydrogen) atoms. The van der Waals surface area contributed by atoms with Crippen LogP contribution in [0.2, 0.25) is 0 Å². The average molecular weight is 537 g/mol. The predicted molar refractivity (Wildman–Crippen MR) is 145 cm³/mol. The number of rotatable bonds is 8. The molecule has 0 atom stereocenters. The van der Waals surface area contributed by atoms with Crippen LogP contribution in [-0.4, -0.2) is 35.3 Å². The first-order chi connectivity index (χ1) is 17.8. The summed E-state index contributed by atoms with van der Waals surface area (Å²) in [5.41, 5.74) is 1.89. The quantitative estimate of drug-likeness (QED) is 0.234. The van der Waals surface area contributed by atoms with Crippen LogP contribution in [0.4, 0.5) is 15.8 Å². The number of ether oxygens (including phenoxy) is 2. The average Bonchev–Trinajstić information content (AvgIpc) is 3.17. The topological polar surface area (TPSA) is 84.9 Å². The molecule has 188 valence electrons. The second-order valence-corrected chi connectivity index (χ2v) is 9.37. The van der Waals surface area contributed by atoms with Crippen molar-refractivity contribution >= 4 is 63.5 Å². The Morgan fingerprint density at radius 2 is 1.84 bits per heavy atom. The number of benzene rings is 3. The van der Waals surface area contributed by atoms with E-state index in [1.807, 2.05) is 0 Å². The van der Waals surface area contributed by atoms with Gasteiger partial charge in [0.15, 0.2) is 10.9 Å². The Balaban J connectivity index is 1.49. The van der Waals surface area contributed by atoms with E-state index in [1.54, 1.807) is 61.5 Å².